The molecule has 5 heteroatoms. The Kier molecular flexibility index (Phi) is 3.82. The lowest BCUT2D eigenvalue weighted by Gasteiger charge is -2.10. The van der Waals surface area contributed by atoms with Crippen LogP contribution < -0.4 is 10.5 Å². The maximum Gasteiger partial charge on any atom is 0.138 e. The van der Waals surface area contributed by atoms with Gasteiger partial charge in [0.05, 0.1) is 10.7 Å². The minimum Gasteiger partial charge on any atom is -0.486 e. The van der Waals surface area contributed by atoms with E-state index in [-0.39, 0.29) is 6.04 Å². The van der Waals surface area contributed by atoms with E-state index in [9.17, 15) is 0 Å². The number of hydrogen-bond donors (Lipinski definition) is 1. The summed E-state index contributed by atoms with van der Waals surface area (Å²) >= 11 is 6.21. The van der Waals surface area contributed by atoms with Crippen molar-refractivity contribution >= 4 is 17.2 Å². The lowest BCUT2D eigenvalue weighted by atomic mass is 10.1. The van der Waals surface area contributed by atoms with Gasteiger partial charge in [0.2, 0.25) is 0 Å². The summed E-state index contributed by atoms with van der Waals surface area (Å²) in [5, 5.41) is 0.563. The summed E-state index contributed by atoms with van der Waals surface area (Å²) < 4.78 is 7.70. The van der Waals surface area contributed by atoms with Gasteiger partial charge in [0.15, 0.2) is 0 Å². The lowest BCUT2D eigenvalue weighted by Crippen LogP contribution is -2.05. The maximum absolute atomic E-state index is 6.21. The normalized spacial score (nSPS) is 12.5. The van der Waals surface area contributed by atoms with E-state index in [4.69, 9.17) is 22.1 Å². The number of aromatic nitrogens is 2. The van der Waals surface area contributed by atoms with Gasteiger partial charge in [-0.2, -0.15) is 0 Å². The van der Waals surface area contributed by atoms with Crippen LogP contribution in [0.1, 0.15) is 24.2 Å². The fourth-order valence-electron chi connectivity index (χ4n) is 2.13. The average Bonchev–Trinajstić information content (AvgIpc) is 2.88. The van der Waals surface area contributed by atoms with Gasteiger partial charge in [0.25, 0.3) is 0 Å². The highest BCUT2D eigenvalue weighted by Gasteiger charge is 2.07. The summed E-state index contributed by atoms with van der Waals surface area (Å²) in [4.78, 5) is 4.48. The number of hydrogen-bond acceptors (Lipinski definition) is 3. The van der Waals surface area contributed by atoms with Gasteiger partial charge in [-0.3, -0.25) is 0 Å². The lowest BCUT2D eigenvalue weighted by molar-refractivity contribution is 0.302. The SMILES string of the molecule is CC(N)c1ccc(OCc2cn3ccccc3n2)c(Cl)c1. The summed E-state index contributed by atoms with van der Waals surface area (Å²) in [6, 6.07) is 11.4. The molecule has 3 aromatic rings. The molecule has 1 unspecified atom stereocenters. The molecule has 4 nitrogen and oxygen atoms in total. The average molecular weight is 302 g/mol. The first-order chi connectivity index (χ1) is 10.1. The van der Waals surface area contributed by atoms with E-state index >= 15 is 0 Å². The number of pyridine rings is 1. The van der Waals surface area contributed by atoms with Crippen LogP contribution in [0.4, 0.5) is 0 Å². The Labute approximate surface area is 128 Å². The smallest absolute Gasteiger partial charge is 0.138 e. The van der Waals surface area contributed by atoms with Gasteiger partial charge in [-0.05, 0) is 36.8 Å². The second kappa shape index (κ2) is 5.76. The first-order valence-corrected chi connectivity index (χ1v) is 7.12. The number of halogens is 1. The van der Waals surface area contributed by atoms with Gasteiger partial charge in [-0.1, -0.05) is 23.7 Å². The number of rotatable bonds is 4. The topological polar surface area (TPSA) is 52.5 Å². The third-order valence-electron chi connectivity index (χ3n) is 3.27. The van der Waals surface area contributed by atoms with Crippen molar-refractivity contribution in [2.45, 2.75) is 19.6 Å². The van der Waals surface area contributed by atoms with Crippen LogP contribution in [0.25, 0.3) is 5.65 Å². The van der Waals surface area contributed by atoms with Crippen molar-refractivity contribution in [2.24, 2.45) is 5.73 Å². The van der Waals surface area contributed by atoms with Gasteiger partial charge in [0, 0.05) is 18.4 Å². The molecule has 2 N–H and O–H groups in total. The van der Waals surface area contributed by atoms with Gasteiger partial charge >= 0.3 is 0 Å². The molecule has 108 valence electrons. The van der Waals surface area contributed by atoms with Gasteiger partial charge in [0.1, 0.15) is 18.0 Å². The van der Waals surface area contributed by atoms with Crippen LogP contribution in [0.2, 0.25) is 5.02 Å². The van der Waals surface area contributed by atoms with E-state index in [1.165, 1.54) is 0 Å². The molecule has 21 heavy (non-hydrogen) atoms. The van der Waals surface area contributed by atoms with Crippen molar-refractivity contribution in [3.05, 3.63) is 65.1 Å². The van der Waals surface area contributed by atoms with Gasteiger partial charge in [-0.25, -0.2) is 4.98 Å². The second-order valence-electron chi connectivity index (χ2n) is 4.97. The van der Waals surface area contributed by atoms with Crippen molar-refractivity contribution in [3.63, 3.8) is 0 Å². The molecule has 0 aliphatic rings. The molecule has 3 rings (SSSR count). The van der Waals surface area contributed by atoms with Crippen molar-refractivity contribution in [1.82, 2.24) is 9.38 Å². The van der Waals surface area contributed by atoms with Crippen LogP contribution >= 0.6 is 11.6 Å². The highest BCUT2D eigenvalue weighted by molar-refractivity contribution is 6.32. The molecule has 0 saturated carbocycles. The molecule has 0 spiro atoms. The van der Waals surface area contributed by atoms with Crippen LogP contribution in [0.15, 0.2) is 48.8 Å². The molecule has 0 amide bonds. The van der Waals surface area contributed by atoms with Crippen molar-refractivity contribution in [3.8, 4) is 5.75 Å². The first-order valence-electron chi connectivity index (χ1n) is 6.74. The molecule has 0 aliphatic heterocycles. The van der Waals surface area contributed by atoms with Gasteiger partial charge in [-0.15, -0.1) is 0 Å². The van der Waals surface area contributed by atoms with Crippen LogP contribution in [0.5, 0.6) is 5.75 Å². The standard InChI is InChI=1S/C16H16ClN3O/c1-11(18)12-5-6-15(14(17)8-12)21-10-13-9-20-7-3-2-4-16(20)19-13/h2-9,11H,10,18H2,1H3. The van der Waals surface area contributed by atoms with Crippen molar-refractivity contribution in [1.29, 1.82) is 0 Å². The Morgan fingerprint density at radius 2 is 2.19 bits per heavy atom. The molecular formula is C16H16ClN3O. The Morgan fingerprint density at radius 3 is 2.90 bits per heavy atom. The van der Waals surface area contributed by atoms with E-state index in [0.29, 0.717) is 17.4 Å². The predicted molar refractivity (Wildman–Crippen MR) is 83.6 cm³/mol. The largest absolute Gasteiger partial charge is 0.486 e. The molecule has 0 radical (unpaired) electrons. The third kappa shape index (κ3) is 3.01. The van der Waals surface area contributed by atoms with Crippen LogP contribution in [0.3, 0.4) is 0 Å². The molecule has 1 atom stereocenters. The summed E-state index contributed by atoms with van der Waals surface area (Å²) in [5.74, 6) is 0.637. The number of nitrogens with two attached hydrogens (primary N) is 1. The molecule has 0 bridgehead atoms. The summed E-state index contributed by atoms with van der Waals surface area (Å²) in [7, 11) is 0. The summed E-state index contributed by atoms with van der Waals surface area (Å²) in [6.07, 6.45) is 3.90. The van der Waals surface area contributed by atoms with E-state index < -0.39 is 0 Å². The summed E-state index contributed by atoms with van der Waals surface area (Å²) in [5.41, 5.74) is 8.57. The first kappa shape index (κ1) is 13.9. The van der Waals surface area contributed by atoms with Gasteiger partial charge < -0.3 is 14.9 Å². The Balaban J connectivity index is 1.75. The zero-order valence-electron chi connectivity index (χ0n) is 11.7. The van der Waals surface area contributed by atoms with E-state index in [1.54, 1.807) is 0 Å². The Morgan fingerprint density at radius 1 is 1.33 bits per heavy atom. The highest BCUT2D eigenvalue weighted by Crippen LogP contribution is 2.28. The molecule has 0 saturated heterocycles. The molecule has 0 aliphatic carbocycles. The zero-order chi connectivity index (χ0) is 14.8. The van der Waals surface area contributed by atoms with E-state index in [0.717, 1.165) is 16.9 Å². The molecule has 0 fully saturated rings. The molecule has 1 aromatic carbocycles. The fraction of sp³-hybridized carbons (Fsp3) is 0.188. The molecule has 2 aromatic heterocycles. The molecular weight excluding hydrogens is 286 g/mol. The van der Waals surface area contributed by atoms with Crippen LogP contribution in [-0.4, -0.2) is 9.38 Å². The fourth-order valence-corrected chi connectivity index (χ4v) is 2.37. The van der Waals surface area contributed by atoms with Crippen molar-refractivity contribution < 1.29 is 4.74 Å². The predicted octanol–water partition coefficient (Wildman–Crippen LogP) is 3.59. The second-order valence-corrected chi connectivity index (χ2v) is 5.37. The highest BCUT2D eigenvalue weighted by atomic mass is 35.5. The van der Waals surface area contributed by atoms with Crippen molar-refractivity contribution in [2.75, 3.05) is 0 Å². The minimum atomic E-state index is -0.0463. The Bertz CT molecular complexity index is 734. The van der Waals surface area contributed by atoms with E-state index in [1.807, 2.05) is 60.1 Å². The third-order valence-corrected chi connectivity index (χ3v) is 3.57. The number of ether oxygens (including phenoxy) is 1. The number of nitrogens with zero attached hydrogens (tertiary/aromatic N) is 2. The van der Waals surface area contributed by atoms with Crippen LogP contribution in [-0.2, 0) is 6.61 Å². The number of fused-ring (bicyclic) bond motifs is 1. The molecule has 2 heterocycles. The van der Waals surface area contributed by atoms with E-state index in [2.05, 4.69) is 4.98 Å². The monoisotopic (exact) mass is 301 g/mol. The summed E-state index contributed by atoms with van der Waals surface area (Å²) in [6.45, 7) is 2.29. The Hall–Kier alpha value is -2.04. The van der Waals surface area contributed by atoms with Crippen LogP contribution in [0, 0.1) is 0 Å². The minimum absolute atomic E-state index is 0.0463. The number of benzene rings is 1. The maximum atomic E-state index is 6.21. The number of imidazole rings is 1. The zero-order valence-corrected chi connectivity index (χ0v) is 12.4. The quantitative estimate of drug-likeness (QED) is 0.801.